The summed E-state index contributed by atoms with van der Waals surface area (Å²) in [4.78, 5) is 0. The molecule has 2 N–H and O–H groups in total. The van der Waals surface area contributed by atoms with Gasteiger partial charge in [-0.15, -0.1) is 0 Å². The Bertz CT molecular complexity index is 519. The summed E-state index contributed by atoms with van der Waals surface area (Å²) >= 11 is 0. The van der Waals surface area contributed by atoms with E-state index < -0.39 is 0 Å². The van der Waals surface area contributed by atoms with Crippen molar-refractivity contribution in [2.45, 2.75) is 26.4 Å². The molecule has 0 aliphatic carbocycles. The second kappa shape index (κ2) is 4.67. The number of rotatable bonds is 3. The van der Waals surface area contributed by atoms with Crippen LogP contribution in [-0.2, 0) is 6.54 Å². The molecule has 0 saturated carbocycles. The highest BCUT2D eigenvalue weighted by atomic mass is 19.1. The van der Waals surface area contributed by atoms with Gasteiger partial charge >= 0.3 is 0 Å². The first kappa shape index (κ1) is 11.8. The van der Waals surface area contributed by atoms with E-state index in [1.165, 1.54) is 12.1 Å². The van der Waals surface area contributed by atoms with E-state index in [-0.39, 0.29) is 11.9 Å². The van der Waals surface area contributed by atoms with Crippen LogP contribution in [0.5, 0.6) is 0 Å². The highest BCUT2D eigenvalue weighted by Gasteiger charge is 2.13. The summed E-state index contributed by atoms with van der Waals surface area (Å²) in [6.07, 6.45) is 3.68. The van der Waals surface area contributed by atoms with Crippen molar-refractivity contribution in [1.82, 2.24) is 9.78 Å². The fourth-order valence-corrected chi connectivity index (χ4v) is 1.88. The number of benzene rings is 1. The molecule has 1 heterocycles. The summed E-state index contributed by atoms with van der Waals surface area (Å²) in [6.45, 7) is 4.70. The third-order valence-electron chi connectivity index (χ3n) is 2.90. The van der Waals surface area contributed by atoms with Crippen molar-refractivity contribution in [2.75, 3.05) is 0 Å². The molecule has 2 rings (SSSR count). The first-order valence-corrected chi connectivity index (χ1v) is 5.65. The molecule has 4 heteroatoms. The van der Waals surface area contributed by atoms with Crippen LogP contribution >= 0.6 is 0 Å². The first-order valence-electron chi connectivity index (χ1n) is 5.65. The molecule has 2 aromatic rings. The van der Waals surface area contributed by atoms with E-state index in [2.05, 4.69) is 5.10 Å². The van der Waals surface area contributed by atoms with Crippen molar-refractivity contribution in [2.24, 2.45) is 5.73 Å². The highest BCUT2D eigenvalue weighted by molar-refractivity contribution is 5.35. The molecule has 1 aromatic heterocycles. The average molecular weight is 233 g/mol. The van der Waals surface area contributed by atoms with Crippen LogP contribution in [0.4, 0.5) is 4.39 Å². The van der Waals surface area contributed by atoms with Gasteiger partial charge in [0.2, 0.25) is 0 Å². The lowest BCUT2D eigenvalue weighted by Gasteiger charge is -2.13. The second-order valence-corrected chi connectivity index (χ2v) is 4.11. The molecule has 0 radical (unpaired) electrons. The van der Waals surface area contributed by atoms with Crippen LogP contribution in [0.3, 0.4) is 0 Å². The van der Waals surface area contributed by atoms with Crippen LogP contribution in [0.2, 0.25) is 0 Å². The SMILES string of the molecule is CCn1cc(C(N)c2ccc(F)cc2C)cn1. The molecule has 17 heavy (non-hydrogen) atoms. The summed E-state index contributed by atoms with van der Waals surface area (Å²) in [5.41, 5.74) is 8.90. The molecule has 1 aromatic carbocycles. The third kappa shape index (κ3) is 2.36. The van der Waals surface area contributed by atoms with Crippen molar-refractivity contribution in [3.63, 3.8) is 0 Å². The van der Waals surface area contributed by atoms with E-state index in [0.29, 0.717) is 0 Å². The lowest BCUT2D eigenvalue weighted by Crippen LogP contribution is -2.12. The van der Waals surface area contributed by atoms with Gasteiger partial charge in [0.1, 0.15) is 5.82 Å². The minimum atomic E-state index is -0.254. The van der Waals surface area contributed by atoms with E-state index in [9.17, 15) is 4.39 Å². The largest absolute Gasteiger partial charge is 0.320 e. The molecule has 0 aliphatic heterocycles. The maximum atomic E-state index is 13.0. The fourth-order valence-electron chi connectivity index (χ4n) is 1.88. The van der Waals surface area contributed by atoms with E-state index in [0.717, 1.165) is 23.2 Å². The van der Waals surface area contributed by atoms with Gasteiger partial charge in [-0.05, 0) is 37.1 Å². The van der Waals surface area contributed by atoms with Gasteiger partial charge in [-0.3, -0.25) is 4.68 Å². The zero-order valence-corrected chi connectivity index (χ0v) is 10.0. The van der Waals surface area contributed by atoms with Gasteiger partial charge in [0.05, 0.1) is 12.2 Å². The fraction of sp³-hybridized carbons (Fsp3) is 0.308. The molecule has 0 aliphatic rings. The molecule has 0 spiro atoms. The Kier molecular flexibility index (Phi) is 3.24. The minimum absolute atomic E-state index is 0.234. The average Bonchev–Trinajstić information content (AvgIpc) is 2.76. The Balaban J connectivity index is 2.33. The van der Waals surface area contributed by atoms with Crippen molar-refractivity contribution in [3.8, 4) is 0 Å². The van der Waals surface area contributed by atoms with Gasteiger partial charge in [-0.1, -0.05) is 6.07 Å². The third-order valence-corrected chi connectivity index (χ3v) is 2.90. The summed E-state index contributed by atoms with van der Waals surface area (Å²) < 4.78 is 14.8. The zero-order valence-electron chi connectivity index (χ0n) is 10.0. The molecule has 3 nitrogen and oxygen atoms in total. The Morgan fingerprint density at radius 3 is 2.82 bits per heavy atom. The Labute approximate surface area is 100 Å². The van der Waals surface area contributed by atoms with Crippen molar-refractivity contribution in [1.29, 1.82) is 0 Å². The molecular weight excluding hydrogens is 217 g/mol. The van der Waals surface area contributed by atoms with E-state index in [1.807, 2.05) is 24.7 Å². The predicted molar refractivity (Wildman–Crippen MR) is 65.1 cm³/mol. The Morgan fingerprint density at radius 1 is 1.47 bits per heavy atom. The van der Waals surface area contributed by atoms with Crippen LogP contribution in [0.25, 0.3) is 0 Å². The number of aromatic nitrogens is 2. The maximum Gasteiger partial charge on any atom is 0.123 e. The molecule has 0 amide bonds. The summed E-state index contributed by atoms with van der Waals surface area (Å²) in [5, 5.41) is 4.19. The smallest absolute Gasteiger partial charge is 0.123 e. The van der Waals surface area contributed by atoms with E-state index >= 15 is 0 Å². The lowest BCUT2D eigenvalue weighted by molar-refractivity contribution is 0.624. The van der Waals surface area contributed by atoms with Crippen LogP contribution in [0, 0.1) is 12.7 Å². The van der Waals surface area contributed by atoms with Crippen molar-refractivity contribution < 1.29 is 4.39 Å². The van der Waals surface area contributed by atoms with Crippen molar-refractivity contribution >= 4 is 0 Å². The molecule has 0 saturated heterocycles. The van der Waals surface area contributed by atoms with Crippen LogP contribution in [0.1, 0.15) is 29.7 Å². The number of nitrogens with two attached hydrogens (primary N) is 1. The molecule has 1 atom stereocenters. The van der Waals surface area contributed by atoms with Crippen LogP contribution in [-0.4, -0.2) is 9.78 Å². The normalized spacial score (nSPS) is 12.7. The monoisotopic (exact) mass is 233 g/mol. The standard InChI is InChI=1S/C13H16FN3/c1-3-17-8-10(7-16-17)13(15)12-5-4-11(14)6-9(12)2/h4-8,13H,3,15H2,1-2H3. The number of aryl methyl sites for hydroxylation is 2. The first-order chi connectivity index (χ1) is 8.11. The second-order valence-electron chi connectivity index (χ2n) is 4.11. The van der Waals surface area contributed by atoms with Crippen LogP contribution in [0.15, 0.2) is 30.6 Å². The molecular formula is C13H16FN3. The molecule has 1 unspecified atom stereocenters. The summed E-state index contributed by atoms with van der Waals surface area (Å²) in [6, 6.07) is 4.42. The van der Waals surface area contributed by atoms with Gasteiger partial charge in [-0.2, -0.15) is 5.10 Å². The van der Waals surface area contributed by atoms with Crippen molar-refractivity contribution in [3.05, 3.63) is 53.1 Å². The minimum Gasteiger partial charge on any atom is -0.320 e. The van der Waals surface area contributed by atoms with Gasteiger partial charge in [0.25, 0.3) is 0 Å². The molecule has 0 fully saturated rings. The highest BCUT2D eigenvalue weighted by Crippen LogP contribution is 2.22. The predicted octanol–water partition coefficient (Wildman–Crippen LogP) is 2.40. The van der Waals surface area contributed by atoms with Crippen LogP contribution < -0.4 is 5.73 Å². The topological polar surface area (TPSA) is 43.8 Å². The van der Waals surface area contributed by atoms with Gasteiger partial charge in [-0.25, -0.2) is 4.39 Å². The number of nitrogens with zero attached hydrogens (tertiary/aromatic N) is 2. The molecule has 90 valence electrons. The number of hydrogen-bond acceptors (Lipinski definition) is 2. The zero-order chi connectivity index (χ0) is 12.4. The lowest BCUT2D eigenvalue weighted by atomic mass is 9.98. The Morgan fingerprint density at radius 2 is 2.24 bits per heavy atom. The number of hydrogen-bond donors (Lipinski definition) is 1. The Hall–Kier alpha value is -1.68. The number of halogens is 1. The van der Waals surface area contributed by atoms with E-state index in [4.69, 9.17) is 5.73 Å². The maximum absolute atomic E-state index is 13.0. The van der Waals surface area contributed by atoms with E-state index in [1.54, 1.807) is 12.3 Å². The van der Waals surface area contributed by atoms with Gasteiger partial charge < -0.3 is 5.73 Å². The molecule has 0 bridgehead atoms. The summed E-state index contributed by atoms with van der Waals surface area (Å²) in [5.74, 6) is -0.234. The van der Waals surface area contributed by atoms with Gasteiger partial charge in [0.15, 0.2) is 0 Å². The van der Waals surface area contributed by atoms with Gasteiger partial charge in [0, 0.05) is 18.3 Å². The summed E-state index contributed by atoms with van der Waals surface area (Å²) in [7, 11) is 0. The quantitative estimate of drug-likeness (QED) is 0.884.